The van der Waals surface area contributed by atoms with E-state index in [1.54, 1.807) is 45.1 Å². The van der Waals surface area contributed by atoms with Gasteiger partial charge in [-0.15, -0.1) is 0 Å². The number of hydrogen-bond acceptors (Lipinski definition) is 9. The van der Waals surface area contributed by atoms with Crippen molar-refractivity contribution in [2.24, 2.45) is 0 Å². The summed E-state index contributed by atoms with van der Waals surface area (Å²) < 4.78 is 33.9. The van der Waals surface area contributed by atoms with E-state index in [1.165, 1.54) is 20.3 Å². The largest absolute Gasteiger partial charge is 0.497 e. The summed E-state index contributed by atoms with van der Waals surface area (Å²) in [6.45, 7) is 12.0. The lowest BCUT2D eigenvalue weighted by molar-refractivity contribution is -0.152. The standard InChI is InChI=1S/C29H45BO9Si/c1-19(31)22(30)12-13-23(32)27-24(38-29(2,3)39-27)11-9-10-20-16-21(35-5)17-25(37-18-34-4)26(20)28(33)36-14-15-40(6,7)8/h9-10,12-13,16-17,19,22-24,27,31-32H,11,14-15,18H2,1-8H3/b10-9+,13-12?/t19-,22-,23?,24-,27+/m0/s1. The van der Waals surface area contributed by atoms with Gasteiger partial charge in [0.2, 0.25) is 0 Å². The monoisotopic (exact) mass is 576 g/mol. The van der Waals surface area contributed by atoms with Gasteiger partial charge in [0, 0.05) is 27.4 Å². The van der Waals surface area contributed by atoms with E-state index >= 15 is 0 Å². The SMILES string of the molecule is [B][C@@H](C=CC(O)[C@H]1OC(C)(C)O[C@H]1C/C=C/c1cc(OC)cc(OCOC)c1C(=O)OCC[Si](C)(C)C)[C@H](C)O. The van der Waals surface area contributed by atoms with Gasteiger partial charge in [-0.1, -0.05) is 43.9 Å². The molecule has 0 aliphatic carbocycles. The Balaban J connectivity index is 2.32. The molecule has 2 rings (SSSR count). The fourth-order valence-electron chi connectivity index (χ4n) is 4.01. The van der Waals surface area contributed by atoms with Crippen molar-refractivity contribution in [3.05, 3.63) is 41.5 Å². The zero-order chi connectivity index (χ0) is 30.1. The van der Waals surface area contributed by atoms with Gasteiger partial charge in [-0.05, 0) is 50.7 Å². The Kier molecular flexibility index (Phi) is 12.9. The number of methoxy groups -OCH3 is 2. The number of carbonyl (C=O) groups excluding carboxylic acids is 1. The number of carbonyl (C=O) groups is 1. The van der Waals surface area contributed by atoms with Crippen LogP contribution >= 0.6 is 0 Å². The smallest absolute Gasteiger partial charge is 0.342 e. The fraction of sp³-hybridized carbons (Fsp3) is 0.621. The first kappa shape index (κ1) is 34.1. The molecule has 0 bridgehead atoms. The summed E-state index contributed by atoms with van der Waals surface area (Å²) >= 11 is 0. The van der Waals surface area contributed by atoms with Crippen LogP contribution in [-0.4, -0.2) is 89.9 Å². The molecule has 222 valence electrons. The van der Waals surface area contributed by atoms with Crippen LogP contribution in [0.5, 0.6) is 11.5 Å². The van der Waals surface area contributed by atoms with Gasteiger partial charge in [0.1, 0.15) is 29.3 Å². The second-order valence-corrected chi connectivity index (χ2v) is 17.2. The number of hydrogen-bond donors (Lipinski definition) is 2. The van der Waals surface area contributed by atoms with Crippen molar-refractivity contribution in [2.45, 2.75) is 88.9 Å². The molecular weight excluding hydrogens is 531 g/mol. The van der Waals surface area contributed by atoms with Crippen molar-refractivity contribution < 1.29 is 43.4 Å². The molecule has 0 amide bonds. The molecule has 0 aromatic heterocycles. The molecular formula is C29H45BO9Si. The van der Waals surface area contributed by atoms with Crippen molar-refractivity contribution in [2.75, 3.05) is 27.6 Å². The van der Waals surface area contributed by atoms with E-state index in [0.29, 0.717) is 24.3 Å². The Morgan fingerprint density at radius 3 is 2.48 bits per heavy atom. The summed E-state index contributed by atoms with van der Waals surface area (Å²) in [7, 11) is 7.48. The summed E-state index contributed by atoms with van der Waals surface area (Å²) in [4.78, 5) is 13.2. The van der Waals surface area contributed by atoms with Crippen molar-refractivity contribution in [1.82, 2.24) is 0 Å². The highest BCUT2D eigenvalue weighted by Gasteiger charge is 2.43. The molecule has 2 radical (unpaired) electrons. The van der Waals surface area contributed by atoms with Crippen LogP contribution in [0.3, 0.4) is 0 Å². The van der Waals surface area contributed by atoms with Crippen LogP contribution in [-0.2, 0) is 18.9 Å². The molecule has 0 spiro atoms. The van der Waals surface area contributed by atoms with Gasteiger partial charge >= 0.3 is 5.97 Å². The minimum absolute atomic E-state index is 0.0559. The lowest BCUT2D eigenvalue weighted by atomic mass is 9.82. The van der Waals surface area contributed by atoms with Crippen LogP contribution in [0.15, 0.2) is 30.4 Å². The first-order valence-electron chi connectivity index (χ1n) is 13.5. The van der Waals surface area contributed by atoms with Crippen LogP contribution < -0.4 is 9.47 Å². The van der Waals surface area contributed by atoms with Crippen LogP contribution in [0, 0.1) is 0 Å². The molecule has 1 saturated heterocycles. The summed E-state index contributed by atoms with van der Waals surface area (Å²) in [5.41, 5.74) is 0.807. The van der Waals surface area contributed by atoms with Crippen LogP contribution in [0.1, 0.15) is 43.1 Å². The number of aliphatic hydroxyl groups excluding tert-OH is 2. The van der Waals surface area contributed by atoms with Crippen LogP contribution in [0.2, 0.25) is 31.5 Å². The third-order valence-corrected chi connectivity index (χ3v) is 7.98. The van der Waals surface area contributed by atoms with Gasteiger partial charge in [0.05, 0.1) is 27.7 Å². The van der Waals surface area contributed by atoms with Crippen molar-refractivity contribution in [1.29, 1.82) is 0 Å². The Labute approximate surface area is 240 Å². The molecule has 9 nitrogen and oxygen atoms in total. The van der Waals surface area contributed by atoms with Gasteiger partial charge in [-0.3, -0.25) is 0 Å². The fourth-order valence-corrected chi connectivity index (χ4v) is 4.73. The maximum atomic E-state index is 13.2. The lowest BCUT2D eigenvalue weighted by Gasteiger charge is -2.20. The van der Waals surface area contributed by atoms with E-state index in [4.69, 9.17) is 36.3 Å². The van der Waals surface area contributed by atoms with Crippen molar-refractivity contribution in [3.8, 4) is 11.5 Å². The summed E-state index contributed by atoms with van der Waals surface area (Å²) in [6, 6.07) is 4.19. The quantitative estimate of drug-likeness (QED) is 0.136. The van der Waals surface area contributed by atoms with Gasteiger partial charge in [-0.25, -0.2) is 4.79 Å². The summed E-state index contributed by atoms with van der Waals surface area (Å²) in [5.74, 6) is -1.24. The van der Waals surface area contributed by atoms with E-state index in [1.807, 2.05) is 6.08 Å². The molecule has 1 unspecified atom stereocenters. The van der Waals surface area contributed by atoms with E-state index in [-0.39, 0.29) is 18.1 Å². The molecule has 2 N–H and O–H groups in total. The zero-order valence-electron chi connectivity index (χ0n) is 25.0. The number of ether oxygens (including phenoxy) is 6. The Bertz CT molecular complexity index is 1020. The Morgan fingerprint density at radius 2 is 1.88 bits per heavy atom. The van der Waals surface area contributed by atoms with Gasteiger partial charge in [0.25, 0.3) is 0 Å². The average Bonchev–Trinajstić information content (AvgIpc) is 3.18. The molecule has 1 aromatic rings. The van der Waals surface area contributed by atoms with Crippen LogP contribution in [0.25, 0.3) is 6.08 Å². The molecule has 40 heavy (non-hydrogen) atoms. The average molecular weight is 577 g/mol. The highest BCUT2D eigenvalue weighted by atomic mass is 28.3. The van der Waals surface area contributed by atoms with E-state index < -0.39 is 50.1 Å². The third kappa shape index (κ3) is 10.7. The molecule has 11 heteroatoms. The Morgan fingerprint density at radius 1 is 1.18 bits per heavy atom. The maximum Gasteiger partial charge on any atom is 0.342 e. The van der Waals surface area contributed by atoms with Crippen molar-refractivity contribution in [3.63, 3.8) is 0 Å². The normalized spacial score (nSPS) is 21.4. The molecule has 1 aliphatic rings. The molecule has 5 atom stereocenters. The second-order valence-electron chi connectivity index (χ2n) is 11.6. The highest BCUT2D eigenvalue weighted by molar-refractivity contribution is 6.76. The Hall–Kier alpha value is -2.15. The number of rotatable bonds is 15. The second kappa shape index (κ2) is 15.2. The van der Waals surface area contributed by atoms with Gasteiger partial charge in [0.15, 0.2) is 12.6 Å². The minimum Gasteiger partial charge on any atom is -0.497 e. The third-order valence-electron chi connectivity index (χ3n) is 6.27. The molecule has 0 saturated carbocycles. The van der Waals surface area contributed by atoms with E-state index in [9.17, 15) is 15.0 Å². The maximum absolute atomic E-state index is 13.2. The number of benzene rings is 1. The summed E-state index contributed by atoms with van der Waals surface area (Å²) in [6.07, 6.45) is 4.13. The van der Waals surface area contributed by atoms with Gasteiger partial charge in [-0.2, -0.15) is 0 Å². The first-order valence-corrected chi connectivity index (χ1v) is 17.2. The first-order chi connectivity index (χ1) is 18.7. The van der Waals surface area contributed by atoms with Crippen LogP contribution in [0.4, 0.5) is 0 Å². The predicted octanol–water partition coefficient (Wildman–Crippen LogP) is 4.35. The number of aliphatic hydroxyl groups is 2. The summed E-state index contributed by atoms with van der Waals surface area (Å²) in [5, 5.41) is 20.4. The molecule has 1 heterocycles. The number of esters is 1. The van der Waals surface area contributed by atoms with E-state index in [0.717, 1.165) is 6.04 Å². The zero-order valence-corrected chi connectivity index (χ0v) is 26.0. The molecule has 1 aromatic carbocycles. The van der Waals surface area contributed by atoms with Gasteiger partial charge < -0.3 is 38.6 Å². The van der Waals surface area contributed by atoms with Crippen molar-refractivity contribution >= 4 is 28.0 Å². The topological polar surface area (TPSA) is 113 Å². The predicted molar refractivity (Wildman–Crippen MR) is 158 cm³/mol. The van der Waals surface area contributed by atoms with E-state index in [2.05, 4.69) is 19.6 Å². The molecule has 1 fully saturated rings. The lowest BCUT2D eigenvalue weighted by Crippen LogP contribution is -2.34. The molecule has 1 aliphatic heterocycles. The minimum atomic E-state index is -1.40. The highest BCUT2D eigenvalue weighted by Crippen LogP contribution is 2.34.